The summed E-state index contributed by atoms with van der Waals surface area (Å²) in [6.07, 6.45) is 0. The molecule has 0 aromatic carbocycles. The van der Waals surface area contributed by atoms with E-state index in [-0.39, 0.29) is 45.6 Å². The Bertz CT molecular complexity index is 76.0. The monoisotopic (exact) mass is 234 g/mol. The molecule has 0 amide bonds. The molecule has 0 bridgehead atoms. The Morgan fingerprint density at radius 3 is 1.36 bits per heavy atom. The van der Waals surface area contributed by atoms with Crippen molar-refractivity contribution in [1.82, 2.24) is 0 Å². The summed E-state index contributed by atoms with van der Waals surface area (Å²) < 4.78 is 25.7. The SMILES string of the molecule is COCC[O-].COCC[O-].[H+].[H+].[Na+].[O]=[Al][O-]. The topological polar surface area (TPSA) is 105 Å². The fourth-order valence-electron chi connectivity index (χ4n) is 0.167. The molecule has 80 valence electrons. The molecular formula is C6H16AlNaO6. The van der Waals surface area contributed by atoms with Gasteiger partial charge in [0.2, 0.25) is 0 Å². The van der Waals surface area contributed by atoms with E-state index in [9.17, 15) is 10.2 Å². The minimum atomic E-state index is -1.75. The Kier molecular flexibility index (Phi) is 64.2. The number of hydrogen-bond donors (Lipinski definition) is 0. The first-order chi connectivity index (χ1) is 6.24. The van der Waals surface area contributed by atoms with Crippen molar-refractivity contribution >= 4 is 15.5 Å². The van der Waals surface area contributed by atoms with Crippen LogP contribution in [0.25, 0.3) is 0 Å². The van der Waals surface area contributed by atoms with E-state index in [1.807, 2.05) is 0 Å². The van der Waals surface area contributed by atoms with Crippen molar-refractivity contribution in [2.75, 3.05) is 40.6 Å². The van der Waals surface area contributed by atoms with E-state index < -0.39 is 15.5 Å². The molecule has 0 radical (unpaired) electrons. The second kappa shape index (κ2) is 37.0. The Labute approximate surface area is 116 Å². The molecular weight excluding hydrogens is 218 g/mol. The summed E-state index contributed by atoms with van der Waals surface area (Å²) >= 11 is -1.75. The molecule has 14 heavy (non-hydrogen) atoms. The van der Waals surface area contributed by atoms with Gasteiger partial charge >= 0.3 is 55.9 Å². The third-order valence-electron chi connectivity index (χ3n) is 0.575. The second-order valence-electron chi connectivity index (χ2n) is 1.49. The molecule has 0 aliphatic rings. The average Bonchev–Trinajstić information content (AvgIpc) is 2.09. The summed E-state index contributed by atoms with van der Waals surface area (Å²) in [5.74, 6) is 0. The normalized spacial score (nSPS) is 6.57. The molecule has 0 rings (SSSR count). The Morgan fingerprint density at radius 2 is 1.36 bits per heavy atom. The van der Waals surface area contributed by atoms with Crippen molar-refractivity contribution < 1.29 is 60.1 Å². The molecule has 0 aromatic heterocycles. The number of ether oxygens (including phenoxy) is 2. The summed E-state index contributed by atoms with van der Waals surface area (Å²) in [6.45, 7) is 0.410. The summed E-state index contributed by atoms with van der Waals surface area (Å²) in [7, 11) is 3.02. The van der Waals surface area contributed by atoms with Crippen LogP contribution in [-0.4, -0.2) is 56.1 Å². The molecule has 6 nitrogen and oxygen atoms in total. The van der Waals surface area contributed by atoms with Crippen molar-refractivity contribution in [2.45, 2.75) is 0 Å². The molecule has 8 heteroatoms. The quantitative estimate of drug-likeness (QED) is 0.448. The second-order valence-corrected chi connectivity index (χ2v) is 1.68. The van der Waals surface area contributed by atoms with Crippen LogP contribution in [0.1, 0.15) is 2.85 Å². The van der Waals surface area contributed by atoms with E-state index in [0.717, 1.165) is 0 Å². The standard InChI is InChI=1S/2C3H7O2.Al.Na.2O/c2*1-5-3-2-4;;;;/h2*2-3H2,1H3;;;;/q2*-1;;+1;;-1/p+2. The number of rotatable bonds is 4. The van der Waals surface area contributed by atoms with Gasteiger partial charge in [0.25, 0.3) is 0 Å². The molecule has 0 saturated carbocycles. The van der Waals surface area contributed by atoms with Crippen molar-refractivity contribution in [3.05, 3.63) is 0 Å². The van der Waals surface area contributed by atoms with Crippen molar-refractivity contribution in [3.8, 4) is 0 Å². The first kappa shape index (κ1) is 24.3. The third-order valence-corrected chi connectivity index (χ3v) is 0.575. The summed E-state index contributed by atoms with van der Waals surface area (Å²) in [4.78, 5) is 0. The fourth-order valence-corrected chi connectivity index (χ4v) is 0.167. The Hall–Kier alpha value is 0.972. The predicted molar refractivity (Wildman–Crippen MR) is 42.2 cm³/mol. The van der Waals surface area contributed by atoms with Gasteiger partial charge in [0.05, 0.1) is 0 Å². The van der Waals surface area contributed by atoms with Gasteiger partial charge in [-0.3, -0.25) is 0 Å². The van der Waals surface area contributed by atoms with Crippen LogP contribution in [0.2, 0.25) is 0 Å². The van der Waals surface area contributed by atoms with Gasteiger partial charge in [0.15, 0.2) is 0 Å². The minimum absolute atomic E-state index is 0. The van der Waals surface area contributed by atoms with Crippen LogP contribution in [0.5, 0.6) is 0 Å². The molecule has 0 spiro atoms. The van der Waals surface area contributed by atoms with Crippen LogP contribution in [0.15, 0.2) is 0 Å². The van der Waals surface area contributed by atoms with E-state index in [4.69, 9.17) is 7.96 Å². The van der Waals surface area contributed by atoms with Crippen LogP contribution in [0, 0.1) is 0 Å². The van der Waals surface area contributed by atoms with E-state index in [1.54, 1.807) is 0 Å². The maximum atomic E-state index is 9.40. The Balaban J connectivity index is -0.0000000220. The number of methoxy groups -OCH3 is 2. The van der Waals surface area contributed by atoms with E-state index in [0.29, 0.717) is 13.2 Å². The zero-order valence-corrected chi connectivity index (χ0v) is 12.0. The molecule has 0 saturated heterocycles. The fraction of sp³-hybridized carbons (Fsp3) is 1.00. The average molecular weight is 234 g/mol. The first-order valence-electron chi connectivity index (χ1n) is 3.44. The van der Waals surface area contributed by atoms with Gasteiger partial charge in [-0.05, 0) is 0 Å². The van der Waals surface area contributed by atoms with Crippen LogP contribution >= 0.6 is 0 Å². The molecule has 0 aliphatic heterocycles. The zero-order valence-electron chi connectivity index (χ0n) is 10.9. The number of hydrogen-bond acceptors (Lipinski definition) is 6. The van der Waals surface area contributed by atoms with Crippen molar-refractivity contribution in [2.24, 2.45) is 0 Å². The van der Waals surface area contributed by atoms with Gasteiger partial charge in [0, 0.05) is 27.4 Å². The molecule has 0 aliphatic carbocycles. The third kappa shape index (κ3) is 75.2. The van der Waals surface area contributed by atoms with Crippen LogP contribution in [0.3, 0.4) is 0 Å². The van der Waals surface area contributed by atoms with E-state index in [1.165, 1.54) is 14.2 Å². The first-order valence-corrected chi connectivity index (χ1v) is 4.39. The van der Waals surface area contributed by atoms with Gasteiger partial charge in [0.1, 0.15) is 0 Å². The van der Waals surface area contributed by atoms with Gasteiger partial charge < -0.3 is 19.7 Å². The van der Waals surface area contributed by atoms with Gasteiger partial charge in [-0.15, -0.1) is 13.2 Å². The maximum absolute atomic E-state index is 9.40. The summed E-state index contributed by atoms with van der Waals surface area (Å²) in [5, 5.41) is 18.8. The van der Waals surface area contributed by atoms with Crippen molar-refractivity contribution in [3.63, 3.8) is 0 Å². The predicted octanol–water partition coefficient (Wildman–Crippen LogP) is -6.47. The van der Waals surface area contributed by atoms with Crippen LogP contribution in [-0.2, 0) is 13.3 Å². The molecule has 0 atom stereocenters. The zero-order chi connectivity index (χ0) is 10.9. The van der Waals surface area contributed by atoms with Crippen molar-refractivity contribution in [1.29, 1.82) is 0 Å². The van der Waals surface area contributed by atoms with E-state index >= 15 is 0 Å². The van der Waals surface area contributed by atoms with Crippen LogP contribution < -0.4 is 43.9 Å². The molecule has 0 fully saturated rings. The molecule has 0 aromatic rings. The molecule has 0 heterocycles. The Morgan fingerprint density at radius 1 is 1.14 bits per heavy atom. The van der Waals surface area contributed by atoms with Gasteiger partial charge in [-0.25, -0.2) is 0 Å². The van der Waals surface area contributed by atoms with Gasteiger partial charge in [-0.1, -0.05) is 0 Å². The molecule has 0 N–H and O–H groups in total. The molecule has 0 unspecified atom stereocenters. The summed E-state index contributed by atoms with van der Waals surface area (Å²) in [6, 6.07) is 0. The van der Waals surface area contributed by atoms with E-state index in [2.05, 4.69) is 9.47 Å². The van der Waals surface area contributed by atoms with Gasteiger partial charge in [-0.2, -0.15) is 0 Å². The summed E-state index contributed by atoms with van der Waals surface area (Å²) in [5.41, 5.74) is 0. The van der Waals surface area contributed by atoms with Crippen LogP contribution in [0.4, 0.5) is 0 Å².